The van der Waals surface area contributed by atoms with Crippen LogP contribution in [0.15, 0.2) is 71.4 Å². The first-order valence-electron chi connectivity index (χ1n) is 20.2. The zero-order valence-corrected chi connectivity index (χ0v) is 42.3. The standard InChI is InChI=1S/C48H68O4S3Si2/c1-43(2,3)33-27-31(28-34(44(4,5)6)41(33)51-56(13,14)15)47(49,37-21-19-25-53-37)39-23-24-40(55-39)48(50,38-22-20-26-54-38)32-29-35(45(7,8)9)42(52-57(16,17)18)36(30-32)46(10,11)12/h19-30,49-50H,1-18H3. The summed E-state index contributed by atoms with van der Waals surface area (Å²) < 4.78 is 13.9. The number of aliphatic hydroxyl groups is 2. The summed E-state index contributed by atoms with van der Waals surface area (Å²) in [6.45, 7) is 40.1. The van der Waals surface area contributed by atoms with Crippen molar-refractivity contribution in [1.29, 1.82) is 0 Å². The van der Waals surface area contributed by atoms with Crippen molar-refractivity contribution in [2.45, 2.75) is 155 Å². The Labute approximate surface area is 358 Å². The lowest BCUT2D eigenvalue weighted by Gasteiger charge is -2.37. The molecule has 5 rings (SSSR count). The van der Waals surface area contributed by atoms with Gasteiger partial charge in [-0.15, -0.1) is 34.0 Å². The average molecular weight is 861 g/mol. The first-order valence-corrected chi connectivity index (χ1v) is 29.6. The van der Waals surface area contributed by atoms with Crippen LogP contribution in [0.1, 0.15) is 136 Å². The van der Waals surface area contributed by atoms with Crippen LogP contribution in [0.5, 0.6) is 11.5 Å². The molecule has 0 saturated carbocycles. The highest BCUT2D eigenvalue weighted by Gasteiger charge is 2.44. The summed E-state index contributed by atoms with van der Waals surface area (Å²) in [6.07, 6.45) is 0. The SMILES string of the molecule is CC(C)(C)c1cc(C(O)(c2cccs2)c2ccc(C(O)(c3cc(C(C)(C)C)c(O[Si](C)(C)C)c(C(C)(C)C)c3)c3cccs3)s2)cc(C(C)(C)C)c1O[Si](C)(C)C. The van der Waals surface area contributed by atoms with Crippen molar-refractivity contribution >= 4 is 50.6 Å². The van der Waals surface area contributed by atoms with Crippen LogP contribution in [0.3, 0.4) is 0 Å². The van der Waals surface area contributed by atoms with E-state index in [1.54, 1.807) is 22.7 Å². The quantitative estimate of drug-likeness (QED) is 0.137. The number of rotatable bonds is 10. The highest BCUT2D eigenvalue weighted by molar-refractivity contribution is 7.14. The molecule has 0 aliphatic carbocycles. The second-order valence-corrected chi connectivity index (χ2v) is 33.6. The van der Waals surface area contributed by atoms with Gasteiger partial charge in [-0.2, -0.15) is 0 Å². The molecule has 2 N–H and O–H groups in total. The molecule has 0 fully saturated rings. The average Bonchev–Trinajstić information content (AvgIpc) is 3.84. The second-order valence-electron chi connectivity index (χ2n) is 21.8. The molecule has 9 heteroatoms. The van der Waals surface area contributed by atoms with Crippen molar-refractivity contribution in [2.75, 3.05) is 0 Å². The molecule has 0 aliphatic rings. The minimum absolute atomic E-state index is 0.262. The molecule has 2 unspecified atom stereocenters. The van der Waals surface area contributed by atoms with E-state index in [1.807, 2.05) is 47.2 Å². The number of hydrogen-bond acceptors (Lipinski definition) is 7. The van der Waals surface area contributed by atoms with Gasteiger partial charge in [0.2, 0.25) is 16.6 Å². The first kappa shape index (κ1) is 45.6. The van der Waals surface area contributed by atoms with Crippen molar-refractivity contribution < 1.29 is 19.1 Å². The van der Waals surface area contributed by atoms with Gasteiger partial charge in [-0.25, -0.2) is 0 Å². The lowest BCUT2D eigenvalue weighted by Crippen LogP contribution is -2.34. The first-order chi connectivity index (χ1) is 25.8. The van der Waals surface area contributed by atoms with Crippen LogP contribution in [-0.2, 0) is 32.9 Å². The topological polar surface area (TPSA) is 58.9 Å². The van der Waals surface area contributed by atoms with Crippen LogP contribution in [-0.4, -0.2) is 26.8 Å². The zero-order valence-electron chi connectivity index (χ0n) is 37.9. The van der Waals surface area contributed by atoms with Gasteiger partial charge in [-0.1, -0.05) is 95.2 Å². The lowest BCUT2D eigenvalue weighted by atomic mass is 9.75. The zero-order chi connectivity index (χ0) is 42.9. The molecule has 57 heavy (non-hydrogen) atoms. The van der Waals surface area contributed by atoms with Crippen molar-refractivity contribution in [1.82, 2.24) is 0 Å². The third-order valence-corrected chi connectivity index (χ3v) is 15.0. The Kier molecular flexibility index (Phi) is 12.1. The van der Waals surface area contributed by atoms with Crippen LogP contribution >= 0.6 is 34.0 Å². The normalized spacial score (nSPS) is 15.6. The van der Waals surface area contributed by atoms with Gasteiger partial charge >= 0.3 is 0 Å². The maximum atomic E-state index is 13.5. The van der Waals surface area contributed by atoms with E-state index in [0.717, 1.165) is 64.4 Å². The summed E-state index contributed by atoms with van der Waals surface area (Å²) in [5, 5.41) is 31.1. The van der Waals surface area contributed by atoms with Gasteiger partial charge in [-0.05, 0) is 154 Å². The van der Waals surface area contributed by atoms with Gasteiger partial charge in [0, 0.05) is 19.5 Å². The Balaban J connectivity index is 1.85. The highest BCUT2D eigenvalue weighted by Crippen LogP contribution is 2.52. The van der Waals surface area contributed by atoms with Gasteiger partial charge in [-0.3, -0.25) is 0 Å². The molecule has 310 valence electrons. The van der Waals surface area contributed by atoms with E-state index < -0.39 is 27.8 Å². The summed E-state index contributed by atoms with van der Waals surface area (Å²) in [7, 11) is -4.03. The van der Waals surface area contributed by atoms with Crippen LogP contribution < -0.4 is 8.85 Å². The number of hydrogen-bond donors (Lipinski definition) is 2. The number of benzene rings is 2. The predicted molar refractivity (Wildman–Crippen MR) is 253 cm³/mol. The fraction of sp³-hybridized carbons (Fsp3) is 0.500. The molecular weight excluding hydrogens is 793 g/mol. The lowest BCUT2D eigenvalue weighted by molar-refractivity contribution is 0.132. The van der Waals surface area contributed by atoms with Crippen molar-refractivity contribution in [2.24, 2.45) is 0 Å². The summed E-state index contributed by atoms with van der Waals surface area (Å²) in [6, 6.07) is 20.8. The molecule has 0 bridgehead atoms. The maximum Gasteiger partial charge on any atom is 0.242 e. The minimum atomic E-state index is -2.01. The van der Waals surface area contributed by atoms with Gasteiger partial charge in [0.1, 0.15) is 11.5 Å². The van der Waals surface area contributed by atoms with Gasteiger partial charge in [0.05, 0.1) is 0 Å². The second kappa shape index (κ2) is 15.2. The Morgan fingerprint density at radius 2 is 0.719 bits per heavy atom. The molecule has 0 saturated heterocycles. The molecular formula is C48H68O4S3Si2. The van der Waals surface area contributed by atoms with E-state index in [1.165, 1.54) is 11.3 Å². The smallest absolute Gasteiger partial charge is 0.242 e. The largest absolute Gasteiger partial charge is 0.544 e. The van der Waals surface area contributed by atoms with Crippen LogP contribution in [0.4, 0.5) is 0 Å². The van der Waals surface area contributed by atoms with E-state index >= 15 is 0 Å². The Hall–Kier alpha value is -2.51. The van der Waals surface area contributed by atoms with Gasteiger partial charge < -0.3 is 19.1 Å². The molecule has 2 atom stereocenters. The molecule has 0 aliphatic heterocycles. The molecule has 5 aromatic rings. The van der Waals surface area contributed by atoms with E-state index in [2.05, 4.69) is 147 Å². The highest BCUT2D eigenvalue weighted by atomic mass is 32.1. The Morgan fingerprint density at radius 1 is 0.439 bits per heavy atom. The van der Waals surface area contributed by atoms with E-state index in [9.17, 15) is 10.2 Å². The Morgan fingerprint density at radius 3 is 0.930 bits per heavy atom. The third kappa shape index (κ3) is 9.45. The van der Waals surface area contributed by atoms with Crippen molar-refractivity contribution in [3.05, 3.63) is 124 Å². The monoisotopic (exact) mass is 860 g/mol. The molecule has 0 spiro atoms. The van der Waals surface area contributed by atoms with Crippen LogP contribution in [0.25, 0.3) is 0 Å². The van der Waals surface area contributed by atoms with E-state index in [0.29, 0.717) is 0 Å². The molecule has 0 radical (unpaired) electrons. The molecule has 0 amide bonds. The fourth-order valence-electron chi connectivity index (χ4n) is 7.24. The summed E-state index contributed by atoms with van der Waals surface area (Å²) >= 11 is 4.58. The van der Waals surface area contributed by atoms with Crippen LogP contribution in [0.2, 0.25) is 39.3 Å². The predicted octanol–water partition coefficient (Wildman–Crippen LogP) is 14.1. The molecule has 2 aromatic carbocycles. The summed E-state index contributed by atoms with van der Waals surface area (Å²) in [5.74, 6) is 1.88. The van der Waals surface area contributed by atoms with E-state index in [4.69, 9.17) is 8.85 Å². The third-order valence-electron chi connectivity index (χ3n) is 10.1. The summed E-state index contributed by atoms with van der Waals surface area (Å²) in [5.41, 5.74) is 1.90. The maximum absolute atomic E-state index is 13.5. The Bertz CT molecular complexity index is 1950. The summed E-state index contributed by atoms with van der Waals surface area (Å²) in [4.78, 5) is 3.15. The van der Waals surface area contributed by atoms with Gasteiger partial charge in [0.15, 0.2) is 11.2 Å². The fourth-order valence-corrected chi connectivity index (χ4v) is 12.0. The molecule has 4 nitrogen and oxygen atoms in total. The number of thiophene rings is 3. The molecule has 3 heterocycles. The van der Waals surface area contributed by atoms with Gasteiger partial charge in [0.25, 0.3) is 0 Å². The minimum Gasteiger partial charge on any atom is -0.544 e. The molecule has 3 aromatic heterocycles. The van der Waals surface area contributed by atoms with Crippen molar-refractivity contribution in [3.8, 4) is 11.5 Å². The van der Waals surface area contributed by atoms with Crippen molar-refractivity contribution in [3.63, 3.8) is 0 Å². The van der Waals surface area contributed by atoms with E-state index in [-0.39, 0.29) is 21.7 Å². The van der Waals surface area contributed by atoms with Crippen LogP contribution in [0, 0.1) is 0 Å².